The van der Waals surface area contributed by atoms with Gasteiger partial charge in [-0.15, -0.1) is 4.91 Å². The fourth-order valence-electron chi connectivity index (χ4n) is 3.57. The number of hydrazone groups is 1. The van der Waals surface area contributed by atoms with Crippen LogP contribution in [0.15, 0.2) is 94.0 Å². The number of nitrogens with one attached hydrogen (secondary N) is 1. The highest BCUT2D eigenvalue weighted by Gasteiger charge is 2.31. The number of benzene rings is 3. The van der Waals surface area contributed by atoms with Gasteiger partial charge in [-0.25, -0.2) is 13.4 Å². The second kappa shape index (κ2) is 8.72. The molecule has 0 fully saturated rings. The van der Waals surface area contributed by atoms with E-state index in [4.69, 9.17) is 0 Å². The molecule has 1 atom stereocenters. The van der Waals surface area contributed by atoms with Crippen LogP contribution in [-0.4, -0.2) is 25.0 Å². The third kappa shape index (κ3) is 4.42. The van der Waals surface area contributed by atoms with Crippen molar-refractivity contribution in [1.82, 2.24) is 5.01 Å². The van der Waals surface area contributed by atoms with Gasteiger partial charge in [-0.3, -0.25) is 9.52 Å². The van der Waals surface area contributed by atoms with Crippen molar-refractivity contribution >= 4 is 33.0 Å². The Morgan fingerprint density at radius 1 is 1.03 bits per heavy atom. The Bertz CT molecular complexity index is 1290. The van der Waals surface area contributed by atoms with Gasteiger partial charge in [0.15, 0.2) is 0 Å². The Balaban J connectivity index is 1.55. The minimum atomic E-state index is -3.68. The van der Waals surface area contributed by atoms with Crippen LogP contribution in [0.2, 0.25) is 0 Å². The minimum Gasteiger partial charge on any atom is -0.280 e. The lowest BCUT2D eigenvalue weighted by Gasteiger charge is -2.20. The zero-order valence-corrected chi connectivity index (χ0v) is 18.0. The van der Waals surface area contributed by atoms with Crippen LogP contribution in [0, 0.1) is 4.91 Å². The lowest BCUT2D eigenvalue weighted by molar-refractivity contribution is -0.130. The largest absolute Gasteiger partial charge is 0.280 e. The Labute approximate surface area is 185 Å². The van der Waals surface area contributed by atoms with E-state index in [-0.39, 0.29) is 22.5 Å². The molecule has 32 heavy (non-hydrogen) atoms. The maximum absolute atomic E-state index is 12.5. The molecule has 0 aliphatic carbocycles. The number of anilines is 1. The standard InChI is InChI=1S/C23H20N4O4S/c1-16(28)27-23(18-6-5-7-20(14-18)25-29)15-22(24-27)17-10-12-19(13-11-17)26-32(30,31)21-8-3-2-4-9-21/h2-14,23,26H,15H2,1H3. The molecule has 3 aromatic rings. The van der Waals surface area contributed by atoms with E-state index >= 15 is 0 Å². The van der Waals surface area contributed by atoms with E-state index in [0.717, 1.165) is 11.1 Å². The highest BCUT2D eigenvalue weighted by molar-refractivity contribution is 7.92. The summed E-state index contributed by atoms with van der Waals surface area (Å²) >= 11 is 0. The summed E-state index contributed by atoms with van der Waals surface area (Å²) in [6.45, 7) is 1.43. The second-order valence-electron chi connectivity index (χ2n) is 7.31. The number of sulfonamides is 1. The maximum Gasteiger partial charge on any atom is 0.261 e. The third-order valence-corrected chi connectivity index (χ3v) is 6.51. The summed E-state index contributed by atoms with van der Waals surface area (Å²) in [5.41, 5.74) is 2.93. The van der Waals surface area contributed by atoms with Gasteiger partial charge in [-0.2, -0.15) is 5.10 Å². The molecule has 3 aromatic carbocycles. The van der Waals surface area contributed by atoms with Crippen LogP contribution >= 0.6 is 0 Å². The number of carbonyl (C=O) groups excluding carboxylic acids is 1. The molecule has 0 saturated heterocycles. The Hall–Kier alpha value is -3.85. The SMILES string of the molecule is CC(=O)N1N=C(c2ccc(NS(=O)(=O)c3ccccc3)cc2)CC1c1cccc(N=O)c1. The molecule has 1 aliphatic rings. The van der Waals surface area contributed by atoms with Gasteiger partial charge in [0, 0.05) is 19.0 Å². The van der Waals surface area contributed by atoms with E-state index in [1.54, 1.807) is 60.7 Å². The summed E-state index contributed by atoms with van der Waals surface area (Å²) in [7, 11) is -3.68. The summed E-state index contributed by atoms with van der Waals surface area (Å²) in [6.07, 6.45) is 0.455. The van der Waals surface area contributed by atoms with Gasteiger partial charge in [-0.05, 0) is 52.7 Å². The minimum absolute atomic E-state index is 0.177. The van der Waals surface area contributed by atoms with E-state index in [1.165, 1.54) is 24.1 Å². The quantitative estimate of drug-likeness (QED) is 0.557. The molecule has 8 nitrogen and oxygen atoms in total. The zero-order chi connectivity index (χ0) is 22.7. The number of rotatable bonds is 6. The summed E-state index contributed by atoms with van der Waals surface area (Å²) in [6, 6.07) is 21.4. The third-order valence-electron chi connectivity index (χ3n) is 5.12. The van der Waals surface area contributed by atoms with Gasteiger partial charge in [0.05, 0.1) is 16.6 Å². The van der Waals surface area contributed by atoms with E-state index in [9.17, 15) is 18.1 Å². The van der Waals surface area contributed by atoms with Crippen molar-refractivity contribution in [3.8, 4) is 0 Å². The lowest BCUT2D eigenvalue weighted by atomic mass is 9.98. The van der Waals surface area contributed by atoms with Crippen LogP contribution in [0.25, 0.3) is 0 Å². The first kappa shape index (κ1) is 21.4. The molecule has 0 spiro atoms. The van der Waals surface area contributed by atoms with E-state index < -0.39 is 10.0 Å². The van der Waals surface area contributed by atoms with Crippen molar-refractivity contribution in [1.29, 1.82) is 0 Å². The van der Waals surface area contributed by atoms with Crippen molar-refractivity contribution in [2.24, 2.45) is 10.3 Å². The molecular weight excluding hydrogens is 428 g/mol. The van der Waals surface area contributed by atoms with Crippen molar-refractivity contribution in [2.45, 2.75) is 24.3 Å². The first-order chi connectivity index (χ1) is 15.4. The van der Waals surface area contributed by atoms with Crippen LogP contribution in [0.3, 0.4) is 0 Å². The highest BCUT2D eigenvalue weighted by Crippen LogP contribution is 2.34. The number of amides is 1. The Morgan fingerprint density at radius 3 is 2.41 bits per heavy atom. The van der Waals surface area contributed by atoms with Crippen LogP contribution in [-0.2, 0) is 14.8 Å². The molecule has 1 heterocycles. The van der Waals surface area contributed by atoms with Crippen molar-refractivity contribution < 1.29 is 13.2 Å². The predicted molar refractivity (Wildman–Crippen MR) is 122 cm³/mol. The van der Waals surface area contributed by atoms with Gasteiger partial charge >= 0.3 is 0 Å². The van der Waals surface area contributed by atoms with Crippen molar-refractivity contribution in [2.75, 3.05) is 4.72 Å². The molecule has 162 valence electrons. The summed E-state index contributed by atoms with van der Waals surface area (Å²) in [4.78, 5) is 23.2. The molecule has 1 amide bonds. The molecule has 4 rings (SSSR count). The molecule has 0 saturated carbocycles. The zero-order valence-electron chi connectivity index (χ0n) is 17.2. The fourth-order valence-corrected chi connectivity index (χ4v) is 4.65. The Morgan fingerprint density at radius 2 is 1.75 bits per heavy atom. The molecule has 0 radical (unpaired) electrons. The van der Waals surface area contributed by atoms with Gasteiger partial charge in [0.1, 0.15) is 5.69 Å². The monoisotopic (exact) mass is 448 g/mol. The Kier molecular flexibility index (Phi) is 5.83. The second-order valence-corrected chi connectivity index (χ2v) is 8.99. The number of hydrogen-bond donors (Lipinski definition) is 1. The maximum atomic E-state index is 12.5. The highest BCUT2D eigenvalue weighted by atomic mass is 32.2. The number of carbonyl (C=O) groups is 1. The molecule has 0 bridgehead atoms. The van der Waals surface area contributed by atoms with Crippen molar-refractivity contribution in [3.63, 3.8) is 0 Å². The van der Waals surface area contributed by atoms with Gasteiger partial charge in [0.25, 0.3) is 10.0 Å². The summed E-state index contributed by atoms with van der Waals surface area (Å²) in [5, 5.41) is 8.83. The van der Waals surface area contributed by atoms with Gasteiger partial charge < -0.3 is 0 Å². The smallest absolute Gasteiger partial charge is 0.261 e. The summed E-state index contributed by atoms with van der Waals surface area (Å²) < 4.78 is 27.6. The molecule has 1 unspecified atom stereocenters. The van der Waals surface area contributed by atoms with E-state index in [2.05, 4.69) is 15.0 Å². The average molecular weight is 449 g/mol. The number of hydrogen-bond acceptors (Lipinski definition) is 6. The lowest BCUT2D eigenvalue weighted by Crippen LogP contribution is -2.24. The van der Waals surface area contributed by atoms with Crippen LogP contribution in [0.4, 0.5) is 11.4 Å². The first-order valence-corrected chi connectivity index (χ1v) is 11.3. The topological polar surface area (TPSA) is 108 Å². The van der Waals surface area contributed by atoms with Crippen molar-refractivity contribution in [3.05, 3.63) is 94.9 Å². The number of nitrogens with zero attached hydrogens (tertiary/aromatic N) is 3. The molecule has 1 aliphatic heterocycles. The molecule has 0 aromatic heterocycles. The van der Waals surface area contributed by atoms with Gasteiger partial charge in [-0.1, -0.05) is 42.5 Å². The van der Waals surface area contributed by atoms with E-state index in [0.29, 0.717) is 17.8 Å². The van der Waals surface area contributed by atoms with Crippen LogP contribution in [0.5, 0.6) is 0 Å². The average Bonchev–Trinajstić information content (AvgIpc) is 3.26. The fraction of sp³-hybridized carbons (Fsp3) is 0.130. The predicted octanol–water partition coefficient (Wildman–Crippen LogP) is 4.58. The van der Waals surface area contributed by atoms with E-state index in [1.807, 2.05) is 6.07 Å². The first-order valence-electron chi connectivity index (χ1n) is 9.86. The normalized spacial score (nSPS) is 15.8. The summed E-state index contributed by atoms with van der Waals surface area (Å²) in [5.74, 6) is -0.221. The molecular formula is C23H20N4O4S. The van der Waals surface area contributed by atoms with Crippen LogP contribution < -0.4 is 4.72 Å². The molecule has 1 N–H and O–H groups in total. The molecule has 9 heteroatoms. The van der Waals surface area contributed by atoms with Crippen LogP contribution in [0.1, 0.15) is 30.5 Å². The van der Waals surface area contributed by atoms with Gasteiger partial charge in [0.2, 0.25) is 5.91 Å². The number of nitroso groups, excluding NO2 is 1.